The van der Waals surface area contributed by atoms with Gasteiger partial charge in [0, 0.05) is 19.3 Å². The van der Waals surface area contributed by atoms with Crippen LogP contribution in [0.1, 0.15) is 24.0 Å². The number of likely N-dealkylation sites (tertiary alicyclic amines) is 1. The van der Waals surface area contributed by atoms with Crippen LogP contribution in [0.25, 0.3) is 10.9 Å². The molecule has 1 N–H and O–H groups in total. The number of benzene rings is 2. The summed E-state index contributed by atoms with van der Waals surface area (Å²) in [5, 5.41) is 12.0. The quantitative estimate of drug-likeness (QED) is 0.770. The lowest BCUT2D eigenvalue weighted by molar-refractivity contribution is -0.136. The third kappa shape index (κ3) is 3.35. The average molecular weight is 366 g/mol. The third-order valence-electron chi connectivity index (χ3n) is 5.63. The van der Waals surface area contributed by atoms with Gasteiger partial charge >= 0.3 is 0 Å². The van der Waals surface area contributed by atoms with Crippen molar-refractivity contribution >= 4 is 16.8 Å². The molecule has 0 bridgehead atoms. The maximum atomic E-state index is 13.5. The van der Waals surface area contributed by atoms with E-state index >= 15 is 0 Å². The van der Waals surface area contributed by atoms with Crippen molar-refractivity contribution in [3.63, 3.8) is 0 Å². The molecule has 27 heavy (non-hydrogen) atoms. The van der Waals surface area contributed by atoms with Crippen LogP contribution in [0.2, 0.25) is 0 Å². The largest absolute Gasteiger partial charge is 0.385 e. The zero-order chi connectivity index (χ0) is 19.0. The SMILES string of the molecule is Cc1ccccc1C1(O)CCN(C(=O)Cn2ccc3ccc(F)cc32)CC1. The van der Waals surface area contributed by atoms with E-state index < -0.39 is 5.60 Å². The molecular formula is C22H23FN2O2. The Hall–Kier alpha value is -2.66. The van der Waals surface area contributed by atoms with E-state index in [0.717, 1.165) is 22.0 Å². The Morgan fingerprint density at radius 3 is 2.63 bits per heavy atom. The van der Waals surface area contributed by atoms with Crippen LogP contribution in [0.4, 0.5) is 4.39 Å². The highest BCUT2D eigenvalue weighted by Crippen LogP contribution is 2.34. The zero-order valence-electron chi connectivity index (χ0n) is 15.4. The number of aromatic nitrogens is 1. The molecule has 1 saturated heterocycles. The van der Waals surface area contributed by atoms with Crippen LogP contribution < -0.4 is 0 Å². The lowest BCUT2D eigenvalue weighted by Crippen LogP contribution is -2.46. The molecule has 5 heteroatoms. The lowest BCUT2D eigenvalue weighted by Gasteiger charge is -2.39. The Balaban J connectivity index is 1.46. The van der Waals surface area contributed by atoms with Crippen molar-refractivity contribution < 1.29 is 14.3 Å². The molecule has 140 valence electrons. The molecule has 1 aromatic heterocycles. The molecule has 0 saturated carbocycles. The number of amides is 1. The Kier molecular flexibility index (Phi) is 4.48. The minimum Gasteiger partial charge on any atom is -0.385 e. The number of hydrogen-bond acceptors (Lipinski definition) is 2. The molecule has 0 radical (unpaired) electrons. The Labute approximate surface area is 157 Å². The van der Waals surface area contributed by atoms with Gasteiger partial charge in [0.15, 0.2) is 0 Å². The number of hydrogen-bond donors (Lipinski definition) is 1. The Morgan fingerprint density at radius 2 is 1.89 bits per heavy atom. The highest BCUT2D eigenvalue weighted by molar-refractivity contribution is 5.83. The van der Waals surface area contributed by atoms with Gasteiger partial charge in [-0.25, -0.2) is 4.39 Å². The van der Waals surface area contributed by atoms with Crippen LogP contribution in [0, 0.1) is 12.7 Å². The van der Waals surface area contributed by atoms with E-state index in [1.807, 2.05) is 43.5 Å². The summed E-state index contributed by atoms with van der Waals surface area (Å²) in [5.41, 5.74) is 1.85. The molecule has 4 nitrogen and oxygen atoms in total. The predicted octanol–water partition coefficient (Wildman–Crippen LogP) is 3.60. The van der Waals surface area contributed by atoms with Gasteiger partial charge in [-0.15, -0.1) is 0 Å². The van der Waals surface area contributed by atoms with Gasteiger partial charge in [0.2, 0.25) is 5.91 Å². The average Bonchev–Trinajstić information content (AvgIpc) is 3.04. The fourth-order valence-corrected chi connectivity index (χ4v) is 4.03. The lowest BCUT2D eigenvalue weighted by atomic mass is 9.82. The Morgan fingerprint density at radius 1 is 1.15 bits per heavy atom. The highest BCUT2D eigenvalue weighted by atomic mass is 19.1. The predicted molar refractivity (Wildman–Crippen MR) is 103 cm³/mol. The van der Waals surface area contributed by atoms with Gasteiger partial charge in [-0.05, 0) is 60.5 Å². The van der Waals surface area contributed by atoms with E-state index in [4.69, 9.17) is 0 Å². The van der Waals surface area contributed by atoms with E-state index in [1.165, 1.54) is 12.1 Å². The maximum absolute atomic E-state index is 13.5. The van der Waals surface area contributed by atoms with Crippen molar-refractivity contribution in [1.29, 1.82) is 0 Å². The maximum Gasteiger partial charge on any atom is 0.242 e. The molecule has 0 aliphatic carbocycles. The van der Waals surface area contributed by atoms with Crippen molar-refractivity contribution in [3.05, 3.63) is 71.7 Å². The number of carbonyl (C=O) groups is 1. The first-order valence-corrected chi connectivity index (χ1v) is 9.27. The van der Waals surface area contributed by atoms with E-state index in [-0.39, 0.29) is 18.3 Å². The van der Waals surface area contributed by atoms with Crippen molar-refractivity contribution in [2.24, 2.45) is 0 Å². The first-order chi connectivity index (χ1) is 13.0. The summed E-state index contributed by atoms with van der Waals surface area (Å²) >= 11 is 0. The molecule has 1 aliphatic rings. The van der Waals surface area contributed by atoms with Crippen LogP contribution >= 0.6 is 0 Å². The summed E-state index contributed by atoms with van der Waals surface area (Å²) in [7, 11) is 0. The number of piperidine rings is 1. The van der Waals surface area contributed by atoms with Crippen LogP contribution in [-0.2, 0) is 16.9 Å². The van der Waals surface area contributed by atoms with Crippen molar-refractivity contribution in [2.75, 3.05) is 13.1 Å². The number of halogens is 1. The van der Waals surface area contributed by atoms with Crippen LogP contribution in [-0.4, -0.2) is 33.6 Å². The van der Waals surface area contributed by atoms with E-state index in [9.17, 15) is 14.3 Å². The third-order valence-corrected chi connectivity index (χ3v) is 5.63. The van der Waals surface area contributed by atoms with Crippen molar-refractivity contribution in [1.82, 2.24) is 9.47 Å². The molecule has 1 aliphatic heterocycles. The summed E-state index contributed by atoms with van der Waals surface area (Å²) in [6.07, 6.45) is 2.85. The van der Waals surface area contributed by atoms with Gasteiger partial charge in [0.05, 0.1) is 11.1 Å². The second kappa shape index (κ2) is 6.82. The van der Waals surface area contributed by atoms with Crippen LogP contribution in [0.3, 0.4) is 0 Å². The number of aliphatic hydroxyl groups is 1. The topological polar surface area (TPSA) is 45.5 Å². The van der Waals surface area contributed by atoms with E-state index in [2.05, 4.69) is 0 Å². The molecule has 1 amide bonds. The van der Waals surface area contributed by atoms with Crippen LogP contribution in [0.5, 0.6) is 0 Å². The van der Waals surface area contributed by atoms with Gasteiger partial charge < -0.3 is 14.6 Å². The normalized spacial score (nSPS) is 16.6. The zero-order valence-corrected chi connectivity index (χ0v) is 15.4. The second-order valence-corrected chi connectivity index (χ2v) is 7.37. The van der Waals surface area contributed by atoms with Gasteiger partial charge in [-0.2, -0.15) is 0 Å². The molecule has 2 heterocycles. The van der Waals surface area contributed by atoms with Crippen LogP contribution in [0.15, 0.2) is 54.7 Å². The van der Waals surface area contributed by atoms with Gasteiger partial charge in [0.25, 0.3) is 0 Å². The molecule has 0 unspecified atom stereocenters. The number of rotatable bonds is 3. The fraction of sp³-hybridized carbons (Fsp3) is 0.318. The Bertz CT molecular complexity index is 987. The van der Waals surface area contributed by atoms with Gasteiger partial charge in [0.1, 0.15) is 12.4 Å². The molecule has 0 spiro atoms. The fourth-order valence-electron chi connectivity index (χ4n) is 4.03. The summed E-state index contributed by atoms with van der Waals surface area (Å²) in [4.78, 5) is 14.5. The monoisotopic (exact) mass is 366 g/mol. The number of carbonyl (C=O) groups excluding carboxylic acids is 1. The van der Waals surface area contributed by atoms with Gasteiger partial charge in [-0.1, -0.05) is 24.3 Å². The molecule has 0 atom stereocenters. The number of nitrogens with zero attached hydrogens (tertiary/aromatic N) is 2. The summed E-state index contributed by atoms with van der Waals surface area (Å²) < 4.78 is 15.3. The number of fused-ring (bicyclic) bond motifs is 1. The van der Waals surface area contributed by atoms with E-state index in [1.54, 1.807) is 15.5 Å². The first kappa shape index (κ1) is 17.7. The summed E-state index contributed by atoms with van der Waals surface area (Å²) in [6, 6.07) is 14.3. The standard InChI is InChI=1S/C22H23FN2O2/c1-16-4-2-3-5-19(16)22(27)9-12-24(13-10-22)21(26)15-25-11-8-17-6-7-18(23)14-20(17)25/h2-8,11,14,27H,9-10,12-13,15H2,1H3. The molecule has 2 aromatic carbocycles. The van der Waals surface area contributed by atoms with Gasteiger partial charge in [-0.3, -0.25) is 4.79 Å². The number of aryl methyl sites for hydroxylation is 1. The summed E-state index contributed by atoms with van der Waals surface area (Å²) in [5.74, 6) is -0.320. The second-order valence-electron chi connectivity index (χ2n) is 7.37. The highest BCUT2D eigenvalue weighted by Gasteiger charge is 2.36. The van der Waals surface area contributed by atoms with E-state index in [0.29, 0.717) is 25.9 Å². The minimum atomic E-state index is -0.884. The molecule has 4 rings (SSSR count). The van der Waals surface area contributed by atoms with Crippen molar-refractivity contribution in [3.8, 4) is 0 Å². The van der Waals surface area contributed by atoms with Crippen molar-refractivity contribution in [2.45, 2.75) is 31.9 Å². The smallest absolute Gasteiger partial charge is 0.242 e. The molecular weight excluding hydrogens is 343 g/mol. The first-order valence-electron chi connectivity index (χ1n) is 9.27. The minimum absolute atomic E-state index is 0.0106. The molecule has 1 fully saturated rings. The molecule has 3 aromatic rings. The summed E-state index contributed by atoms with van der Waals surface area (Å²) in [6.45, 7) is 3.20.